The maximum atomic E-state index is 9.84. The van der Waals surface area contributed by atoms with Crippen LogP contribution in [0.3, 0.4) is 0 Å². The van der Waals surface area contributed by atoms with Crippen LogP contribution in [-0.2, 0) is 4.74 Å². The number of aliphatic hydroxyl groups is 1. The predicted octanol–water partition coefficient (Wildman–Crippen LogP) is 2.63. The molecule has 21 heavy (non-hydrogen) atoms. The van der Waals surface area contributed by atoms with E-state index >= 15 is 0 Å². The Kier molecular flexibility index (Phi) is 7.30. The van der Waals surface area contributed by atoms with Crippen LogP contribution in [0.25, 0.3) is 0 Å². The molecule has 1 aromatic carbocycles. The molecule has 4 nitrogen and oxygen atoms in total. The number of rotatable bonds is 9. The first-order valence-corrected chi connectivity index (χ1v) is 8.01. The van der Waals surface area contributed by atoms with Gasteiger partial charge in [-0.3, -0.25) is 0 Å². The van der Waals surface area contributed by atoms with Gasteiger partial charge in [-0.25, -0.2) is 0 Å². The molecule has 0 radical (unpaired) electrons. The number of aliphatic hydroxyl groups excluding tert-OH is 1. The second-order valence-electron chi connectivity index (χ2n) is 5.38. The highest BCUT2D eigenvalue weighted by atomic mass is 35.5. The number of nitrogens with one attached hydrogen (secondary N) is 1. The van der Waals surface area contributed by atoms with Gasteiger partial charge >= 0.3 is 0 Å². The topological polar surface area (TPSA) is 50.7 Å². The van der Waals surface area contributed by atoms with Crippen molar-refractivity contribution >= 4 is 11.6 Å². The van der Waals surface area contributed by atoms with Crippen molar-refractivity contribution in [3.05, 3.63) is 29.3 Å². The summed E-state index contributed by atoms with van der Waals surface area (Å²) in [6.07, 6.45) is 4.84. The monoisotopic (exact) mass is 313 g/mol. The van der Waals surface area contributed by atoms with Crippen LogP contribution in [0, 0.1) is 0 Å². The summed E-state index contributed by atoms with van der Waals surface area (Å²) in [4.78, 5) is 0. The fourth-order valence-electron chi connectivity index (χ4n) is 2.43. The number of para-hydroxylation sites is 1. The molecule has 0 heterocycles. The van der Waals surface area contributed by atoms with Crippen LogP contribution in [0.5, 0.6) is 5.75 Å². The van der Waals surface area contributed by atoms with Gasteiger partial charge in [0.25, 0.3) is 0 Å². The standard InChI is InChI=1S/C16H24ClNO3/c17-15-7-3-4-8-16(15)21-12-13(19)11-18-9-10-20-14-5-1-2-6-14/h3-4,7-8,13-14,18-19H,1-2,5-6,9-12H2. The van der Waals surface area contributed by atoms with Crippen molar-refractivity contribution in [2.24, 2.45) is 0 Å². The minimum atomic E-state index is -0.562. The van der Waals surface area contributed by atoms with Crippen molar-refractivity contribution in [1.82, 2.24) is 5.32 Å². The average molecular weight is 314 g/mol. The molecule has 0 saturated heterocycles. The van der Waals surface area contributed by atoms with Crippen molar-refractivity contribution in [2.45, 2.75) is 37.9 Å². The maximum Gasteiger partial charge on any atom is 0.138 e. The minimum Gasteiger partial charge on any atom is -0.489 e. The lowest BCUT2D eigenvalue weighted by Gasteiger charge is -2.15. The van der Waals surface area contributed by atoms with Gasteiger partial charge in [-0.15, -0.1) is 0 Å². The number of hydrogen-bond donors (Lipinski definition) is 2. The zero-order chi connectivity index (χ0) is 14.9. The van der Waals surface area contributed by atoms with E-state index in [4.69, 9.17) is 21.1 Å². The fourth-order valence-corrected chi connectivity index (χ4v) is 2.62. The number of ether oxygens (including phenoxy) is 2. The van der Waals surface area contributed by atoms with Crippen LogP contribution < -0.4 is 10.1 Å². The zero-order valence-corrected chi connectivity index (χ0v) is 13.0. The largest absolute Gasteiger partial charge is 0.489 e. The molecular weight excluding hydrogens is 290 g/mol. The van der Waals surface area contributed by atoms with Crippen LogP contribution in [-0.4, -0.2) is 43.6 Å². The van der Waals surface area contributed by atoms with Crippen molar-refractivity contribution < 1.29 is 14.6 Å². The van der Waals surface area contributed by atoms with Crippen LogP contribution in [0.1, 0.15) is 25.7 Å². The zero-order valence-electron chi connectivity index (χ0n) is 12.3. The third-order valence-electron chi connectivity index (χ3n) is 3.58. The predicted molar refractivity (Wildman–Crippen MR) is 84.0 cm³/mol. The molecule has 0 bridgehead atoms. The van der Waals surface area contributed by atoms with E-state index in [1.807, 2.05) is 12.1 Å². The molecule has 0 aromatic heterocycles. The van der Waals surface area contributed by atoms with E-state index < -0.39 is 6.10 Å². The Morgan fingerprint density at radius 3 is 2.81 bits per heavy atom. The van der Waals surface area contributed by atoms with Crippen molar-refractivity contribution in [3.8, 4) is 5.75 Å². The highest BCUT2D eigenvalue weighted by Gasteiger charge is 2.14. The normalized spacial score (nSPS) is 17.0. The number of hydrogen-bond acceptors (Lipinski definition) is 4. The first kappa shape index (κ1) is 16.6. The molecule has 0 amide bonds. The molecule has 1 aliphatic carbocycles. The lowest BCUT2D eigenvalue weighted by molar-refractivity contribution is 0.0563. The van der Waals surface area contributed by atoms with Gasteiger partial charge in [-0.2, -0.15) is 0 Å². The SMILES string of the molecule is OC(CNCCOC1CCCC1)COc1ccccc1Cl. The van der Waals surface area contributed by atoms with Crippen molar-refractivity contribution in [3.63, 3.8) is 0 Å². The lowest BCUT2D eigenvalue weighted by atomic mass is 10.3. The first-order chi connectivity index (χ1) is 10.3. The van der Waals surface area contributed by atoms with Gasteiger partial charge in [0.1, 0.15) is 18.5 Å². The average Bonchev–Trinajstić information content (AvgIpc) is 2.99. The first-order valence-electron chi connectivity index (χ1n) is 7.63. The van der Waals surface area contributed by atoms with Crippen LogP contribution in [0.15, 0.2) is 24.3 Å². The van der Waals surface area contributed by atoms with E-state index in [1.165, 1.54) is 25.7 Å². The van der Waals surface area contributed by atoms with Crippen LogP contribution in [0.2, 0.25) is 5.02 Å². The Balaban J connectivity index is 1.51. The Morgan fingerprint density at radius 2 is 2.05 bits per heavy atom. The fraction of sp³-hybridized carbons (Fsp3) is 0.625. The van der Waals surface area contributed by atoms with E-state index in [9.17, 15) is 5.11 Å². The molecule has 118 valence electrons. The minimum absolute atomic E-state index is 0.222. The molecule has 1 aromatic rings. The Hall–Kier alpha value is -0.810. The molecule has 1 aliphatic rings. The van der Waals surface area contributed by atoms with Gasteiger partial charge in [0, 0.05) is 13.1 Å². The van der Waals surface area contributed by atoms with E-state index in [0.29, 0.717) is 30.0 Å². The van der Waals surface area contributed by atoms with Crippen molar-refractivity contribution in [2.75, 3.05) is 26.3 Å². The summed E-state index contributed by atoms with van der Waals surface area (Å²) in [5.41, 5.74) is 0. The summed E-state index contributed by atoms with van der Waals surface area (Å²) < 4.78 is 11.2. The molecule has 5 heteroatoms. The molecule has 2 N–H and O–H groups in total. The van der Waals surface area contributed by atoms with E-state index in [0.717, 1.165) is 6.54 Å². The second-order valence-corrected chi connectivity index (χ2v) is 5.78. The number of halogens is 1. The highest BCUT2D eigenvalue weighted by molar-refractivity contribution is 6.32. The lowest BCUT2D eigenvalue weighted by Crippen LogP contribution is -2.33. The Labute approximate surface area is 131 Å². The molecule has 1 fully saturated rings. The molecule has 1 atom stereocenters. The van der Waals surface area contributed by atoms with E-state index in [-0.39, 0.29) is 6.61 Å². The third kappa shape index (κ3) is 6.22. The van der Waals surface area contributed by atoms with Gasteiger partial charge in [-0.05, 0) is 25.0 Å². The molecule has 0 spiro atoms. The molecule has 1 saturated carbocycles. The summed E-state index contributed by atoms with van der Waals surface area (Å²) in [6.45, 7) is 2.15. The summed E-state index contributed by atoms with van der Waals surface area (Å²) in [5.74, 6) is 0.600. The summed E-state index contributed by atoms with van der Waals surface area (Å²) in [7, 11) is 0. The van der Waals surface area contributed by atoms with Gasteiger partial charge < -0.3 is 19.9 Å². The van der Waals surface area contributed by atoms with Gasteiger partial charge in [-0.1, -0.05) is 36.6 Å². The van der Waals surface area contributed by atoms with Crippen LogP contribution >= 0.6 is 11.6 Å². The van der Waals surface area contributed by atoms with Gasteiger partial charge in [0.15, 0.2) is 0 Å². The van der Waals surface area contributed by atoms with Crippen molar-refractivity contribution in [1.29, 1.82) is 0 Å². The molecule has 1 unspecified atom stereocenters. The number of benzene rings is 1. The van der Waals surface area contributed by atoms with E-state index in [2.05, 4.69) is 5.32 Å². The molecular formula is C16H24ClNO3. The summed E-state index contributed by atoms with van der Waals surface area (Å²) >= 11 is 5.98. The second kappa shape index (κ2) is 9.26. The summed E-state index contributed by atoms with van der Waals surface area (Å²) in [5, 5.41) is 13.6. The summed E-state index contributed by atoms with van der Waals surface area (Å²) in [6, 6.07) is 7.25. The highest BCUT2D eigenvalue weighted by Crippen LogP contribution is 2.23. The van der Waals surface area contributed by atoms with E-state index in [1.54, 1.807) is 12.1 Å². The van der Waals surface area contributed by atoms with Crippen LogP contribution in [0.4, 0.5) is 0 Å². The van der Waals surface area contributed by atoms with Gasteiger partial charge in [0.2, 0.25) is 0 Å². The Bertz CT molecular complexity index is 410. The Morgan fingerprint density at radius 1 is 1.29 bits per heavy atom. The third-order valence-corrected chi connectivity index (χ3v) is 3.89. The molecule has 2 rings (SSSR count). The maximum absolute atomic E-state index is 9.84. The quantitative estimate of drug-likeness (QED) is 0.688. The smallest absolute Gasteiger partial charge is 0.138 e. The van der Waals surface area contributed by atoms with Gasteiger partial charge in [0.05, 0.1) is 17.7 Å². The molecule has 0 aliphatic heterocycles.